The summed E-state index contributed by atoms with van der Waals surface area (Å²) in [5.41, 5.74) is 1.68. The van der Waals surface area contributed by atoms with Crippen LogP contribution < -0.4 is 5.32 Å². The van der Waals surface area contributed by atoms with E-state index in [1.807, 2.05) is 24.3 Å². The summed E-state index contributed by atoms with van der Waals surface area (Å²) in [6.07, 6.45) is 1.62. The first kappa shape index (κ1) is 23.4. The molecule has 1 aliphatic heterocycles. The third kappa shape index (κ3) is 5.93. The number of amides is 1. The van der Waals surface area contributed by atoms with E-state index in [-0.39, 0.29) is 11.1 Å². The van der Waals surface area contributed by atoms with Crippen molar-refractivity contribution in [2.75, 3.05) is 26.7 Å². The smallest absolute Gasteiger partial charge is 0.407 e. The molecular formula is C22H34N4O4Si. The minimum Gasteiger partial charge on any atom is -0.440 e. The highest BCUT2D eigenvalue weighted by molar-refractivity contribution is 6.74. The topological polar surface area (TPSA) is 89.7 Å². The van der Waals surface area contributed by atoms with Crippen LogP contribution in [0.2, 0.25) is 18.1 Å². The Morgan fingerprint density at radius 1 is 1.39 bits per heavy atom. The number of alkyl carbamates (subject to hydrolysis) is 1. The molecule has 1 amide bonds. The van der Waals surface area contributed by atoms with Crippen LogP contribution in [0.25, 0.3) is 11.5 Å². The summed E-state index contributed by atoms with van der Waals surface area (Å²) >= 11 is 0. The molecular weight excluding hydrogens is 412 g/mol. The fourth-order valence-corrected chi connectivity index (χ4v) is 4.84. The predicted molar refractivity (Wildman–Crippen MR) is 121 cm³/mol. The monoisotopic (exact) mass is 446 g/mol. The highest BCUT2D eigenvalue weighted by Crippen LogP contribution is 2.38. The molecule has 1 fully saturated rings. The molecule has 2 heterocycles. The van der Waals surface area contributed by atoms with E-state index in [0.29, 0.717) is 12.4 Å². The summed E-state index contributed by atoms with van der Waals surface area (Å²) in [7, 11) is -0.256. The van der Waals surface area contributed by atoms with Gasteiger partial charge in [-0.3, -0.25) is 4.90 Å². The quantitative estimate of drug-likeness (QED) is 0.637. The summed E-state index contributed by atoms with van der Waals surface area (Å²) < 4.78 is 17.6. The molecule has 0 bridgehead atoms. The molecule has 170 valence electrons. The van der Waals surface area contributed by atoms with Crippen molar-refractivity contribution in [3.05, 3.63) is 36.2 Å². The maximum Gasteiger partial charge on any atom is 0.407 e. The Kier molecular flexibility index (Phi) is 7.18. The normalized spacial score (nSPS) is 18.7. The first-order chi connectivity index (χ1) is 14.6. The lowest BCUT2D eigenvalue weighted by Gasteiger charge is -2.38. The van der Waals surface area contributed by atoms with Gasteiger partial charge in [-0.1, -0.05) is 32.9 Å². The summed E-state index contributed by atoms with van der Waals surface area (Å²) in [6.45, 7) is 13.7. The van der Waals surface area contributed by atoms with Crippen molar-refractivity contribution in [2.45, 2.75) is 57.5 Å². The number of nitrogens with one attached hydrogen (secondary N) is 1. The molecule has 1 aromatic heterocycles. The lowest BCUT2D eigenvalue weighted by atomic mass is 10.1. The number of likely N-dealkylation sites (tertiary alicyclic amines) is 1. The standard InChI is InChI=1S/C22H34N4O4Si/c1-22(2,3)31(5,6)30-18-10-11-26(13-18)14-19(29-21(27)23-4)16-8-7-9-17(12-16)20-25-24-15-28-20/h7-9,12,15,18-19H,10-11,13-14H2,1-6H3,(H,23,27)/t18-,19?/m0/s1. The number of carbonyl (C=O) groups excluding carboxylic acids is 1. The van der Waals surface area contributed by atoms with Gasteiger partial charge in [-0.2, -0.15) is 0 Å². The van der Waals surface area contributed by atoms with Crippen LogP contribution in [0.15, 0.2) is 35.1 Å². The number of nitrogens with zero attached hydrogens (tertiary/aromatic N) is 3. The molecule has 1 aliphatic rings. The zero-order valence-corrected chi connectivity index (χ0v) is 20.3. The van der Waals surface area contributed by atoms with Crippen LogP contribution >= 0.6 is 0 Å². The highest BCUT2D eigenvalue weighted by atomic mass is 28.4. The van der Waals surface area contributed by atoms with Gasteiger partial charge in [-0.05, 0) is 42.2 Å². The Morgan fingerprint density at radius 3 is 2.81 bits per heavy atom. The Morgan fingerprint density at radius 2 is 2.16 bits per heavy atom. The van der Waals surface area contributed by atoms with Gasteiger partial charge in [0.1, 0.15) is 6.10 Å². The van der Waals surface area contributed by atoms with E-state index in [9.17, 15) is 4.79 Å². The second-order valence-electron chi connectivity index (χ2n) is 9.56. The van der Waals surface area contributed by atoms with Crippen molar-refractivity contribution in [1.29, 1.82) is 0 Å². The molecule has 1 saturated heterocycles. The number of carbonyl (C=O) groups is 1. The molecule has 0 radical (unpaired) electrons. The number of hydrogen-bond acceptors (Lipinski definition) is 7. The molecule has 1 N–H and O–H groups in total. The van der Waals surface area contributed by atoms with E-state index in [2.05, 4.69) is 54.3 Å². The number of ether oxygens (including phenoxy) is 1. The molecule has 0 spiro atoms. The van der Waals surface area contributed by atoms with Crippen LogP contribution in [0.3, 0.4) is 0 Å². The van der Waals surface area contributed by atoms with Crippen molar-refractivity contribution in [1.82, 2.24) is 20.4 Å². The van der Waals surface area contributed by atoms with Gasteiger partial charge in [0.25, 0.3) is 0 Å². The fourth-order valence-electron chi connectivity index (χ4n) is 3.46. The van der Waals surface area contributed by atoms with Gasteiger partial charge in [0, 0.05) is 32.2 Å². The van der Waals surface area contributed by atoms with Gasteiger partial charge in [0.05, 0.1) is 6.10 Å². The molecule has 1 unspecified atom stereocenters. The van der Waals surface area contributed by atoms with Gasteiger partial charge in [-0.25, -0.2) is 4.79 Å². The molecule has 9 heteroatoms. The zero-order chi connectivity index (χ0) is 22.6. The lowest BCUT2D eigenvalue weighted by molar-refractivity contribution is 0.0732. The largest absolute Gasteiger partial charge is 0.440 e. The van der Waals surface area contributed by atoms with Crippen molar-refractivity contribution >= 4 is 14.4 Å². The summed E-state index contributed by atoms with van der Waals surface area (Å²) in [5, 5.41) is 10.4. The van der Waals surface area contributed by atoms with Crippen molar-refractivity contribution < 1.29 is 18.4 Å². The third-order valence-electron chi connectivity index (χ3n) is 6.24. The van der Waals surface area contributed by atoms with E-state index in [1.54, 1.807) is 7.05 Å². The average molecular weight is 447 g/mol. The van der Waals surface area contributed by atoms with Crippen molar-refractivity contribution in [2.24, 2.45) is 0 Å². The molecule has 1 aromatic carbocycles. The van der Waals surface area contributed by atoms with Gasteiger partial charge in [-0.15, -0.1) is 10.2 Å². The highest BCUT2D eigenvalue weighted by Gasteiger charge is 2.40. The van der Waals surface area contributed by atoms with Gasteiger partial charge in [0.2, 0.25) is 12.3 Å². The minimum atomic E-state index is -1.82. The number of benzene rings is 1. The van der Waals surface area contributed by atoms with E-state index < -0.39 is 20.5 Å². The summed E-state index contributed by atoms with van der Waals surface area (Å²) in [4.78, 5) is 14.3. The Labute approximate surface area is 185 Å². The van der Waals surface area contributed by atoms with E-state index >= 15 is 0 Å². The van der Waals surface area contributed by atoms with Crippen molar-refractivity contribution in [3.8, 4) is 11.5 Å². The summed E-state index contributed by atoms with van der Waals surface area (Å²) in [5.74, 6) is 0.435. The molecule has 8 nitrogen and oxygen atoms in total. The first-order valence-electron chi connectivity index (χ1n) is 10.7. The second-order valence-corrected chi connectivity index (χ2v) is 14.3. The fraction of sp³-hybridized carbons (Fsp3) is 0.591. The maximum absolute atomic E-state index is 12.0. The molecule has 0 aliphatic carbocycles. The van der Waals surface area contributed by atoms with Crippen LogP contribution in [0.5, 0.6) is 0 Å². The zero-order valence-electron chi connectivity index (χ0n) is 19.3. The number of aromatic nitrogens is 2. The SMILES string of the molecule is CNC(=O)OC(CN1CC[C@H](O[Si](C)(C)C(C)(C)C)C1)c1cccc(-c2nnco2)c1. The first-order valence-corrected chi connectivity index (χ1v) is 13.6. The van der Waals surface area contributed by atoms with Crippen LogP contribution in [0, 0.1) is 0 Å². The summed E-state index contributed by atoms with van der Waals surface area (Å²) in [6, 6.07) is 7.68. The van der Waals surface area contributed by atoms with Crippen LogP contribution in [-0.2, 0) is 9.16 Å². The molecule has 3 rings (SSSR count). The predicted octanol–water partition coefficient (Wildman–Crippen LogP) is 4.23. The Balaban J connectivity index is 1.71. The van der Waals surface area contributed by atoms with Crippen LogP contribution in [-0.4, -0.2) is 62.3 Å². The van der Waals surface area contributed by atoms with Gasteiger partial charge < -0.3 is 18.9 Å². The number of rotatable bonds is 7. The second kappa shape index (κ2) is 9.50. The third-order valence-corrected chi connectivity index (χ3v) is 10.8. The minimum absolute atomic E-state index is 0.181. The van der Waals surface area contributed by atoms with E-state index in [1.165, 1.54) is 6.39 Å². The average Bonchev–Trinajstić information content (AvgIpc) is 3.38. The molecule has 2 atom stereocenters. The number of hydrogen-bond donors (Lipinski definition) is 1. The van der Waals surface area contributed by atoms with E-state index in [0.717, 1.165) is 30.6 Å². The van der Waals surface area contributed by atoms with Gasteiger partial charge >= 0.3 is 6.09 Å². The Bertz CT molecular complexity index is 867. The van der Waals surface area contributed by atoms with E-state index in [4.69, 9.17) is 13.6 Å². The van der Waals surface area contributed by atoms with Crippen molar-refractivity contribution in [3.63, 3.8) is 0 Å². The van der Waals surface area contributed by atoms with Crippen LogP contribution in [0.1, 0.15) is 38.9 Å². The maximum atomic E-state index is 12.0. The Hall–Kier alpha value is -2.23. The molecule has 0 saturated carbocycles. The molecule has 2 aromatic rings. The van der Waals surface area contributed by atoms with Gasteiger partial charge in [0.15, 0.2) is 8.32 Å². The lowest BCUT2D eigenvalue weighted by Crippen LogP contribution is -2.44. The molecule has 31 heavy (non-hydrogen) atoms. The van der Waals surface area contributed by atoms with Crippen LogP contribution in [0.4, 0.5) is 4.79 Å².